The summed E-state index contributed by atoms with van der Waals surface area (Å²) in [6.45, 7) is 0. The monoisotopic (exact) mass is 932 g/mol. The number of hydrogen-bond donors (Lipinski definition) is 4. The van der Waals surface area contributed by atoms with Crippen LogP contribution in [-0.2, 0) is 40.5 Å². The first kappa shape index (κ1) is 42.4. The van der Waals surface area contributed by atoms with Gasteiger partial charge in [0.25, 0.3) is 40.5 Å². The number of rotatable bonds is 8. The Hall–Kier alpha value is -6.88. The van der Waals surface area contributed by atoms with Gasteiger partial charge in [-0.25, -0.2) is 20.0 Å². The summed E-state index contributed by atoms with van der Waals surface area (Å²) < 4.78 is 137. The number of aliphatic imine (C=N–C) groups is 4. The van der Waals surface area contributed by atoms with Crippen molar-refractivity contribution in [3.05, 3.63) is 191 Å². The van der Waals surface area contributed by atoms with E-state index in [0.29, 0.717) is 67.5 Å². The molecule has 0 atom stereocenters. The second-order valence-electron chi connectivity index (χ2n) is 14.4. The van der Waals surface area contributed by atoms with Crippen LogP contribution in [0.3, 0.4) is 0 Å². The second kappa shape index (κ2) is 15.4. The van der Waals surface area contributed by atoms with Gasteiger partial charge >= 0.3 is 0 Å². The summed E-state index contributed by atoms with van der Waals surface area (Å²) in [5.74, 6) is 0. The molecular weight excluding hydrogens is 905 g/mol. The number of benzene rings is 4. The summed E-state index contributed by atoms with van der Waals surface area (Å²) >= 11 is 0. The standard InChI is InChI=1S/C44H28N4O12S4/c49-61(50,51)34-13-1-25(2-14-34)38-23-33-22-31-10-9-29(45-31)21-30-11-12-32(46-30)24-39-40(26-3-15-35(16-4-26)62(52,53)54)41(27-5-17-36(18-6-27)63(55,56)57)44(48-39)42(43(38)47-33)28-7-19-37(20-8-28)64(58,59)60/h1-24H,(H,49,50,51)(H,52,53,54)(H,55,56,57)(H,58,59,60). The van der Waals surface area contributed by atoms with E-state index >= 15 is 0 Å². The van der Waals surface area contributed by atoms with E-state index in [1.54, 1.807) is 48.6 Å². The molecule has 4 aromatic carbocycles. The molecule has 0 aliphatic carbocycles. The Balaban J connectivity index is 1.43. The van der Waals surface area contributed by atoms with Crippen molar-refractivity contribution in [2.24, 2.45) is 20.0 Å². The Morgan fingerprint density at radius 3 is 1.16 bits per heavy atom. The number of hydrogen-bond acceptors (Lipinski definition) is 12. The van der Waals surface area contributed by atoms with Crippen molar-refractivity contribution in [3.8, 4) is 0 Å². The lowest BCUT2D eigenvalue weighted by atomic mass is 9.86. The molecule has 64 heavy (non-hydrogen) atoms. The average molecular weight is 933 g/mol. The SMILES string of the molecule is O=S(=O)(O)c1ccc(C2=CC3=CC4=NC(=CC5=NC(=CC6=NC(=C(c7ccc(S(=O)(=O)O)cc7)C2=N3)C(c2ccc(S(=O)(=O)O)cc2)=C6c2ccc(S(=O)(=O)O)cc2)C=C5)C=C4)cc1. The van der Waals surface area contributed by atoms with Crippen LogP contribution in [0, 0.1) is 0 Å². The maximum atomic E-state index is 12.3. The van der Waals surface area contributed by atoms with Gasteiger partial charge < -0.3 is 0 Å². The molecule has 8 bridgehead atoms. The molecular formula is C44H28N4O12S4. The molecule has 0 saturated carbocycles. The Bertz CT molecular complexity index is 3630. The molecule has 4 N–H and O–H groups in total. The lowest BCUT2D eigenvalue weighted by Crippen LogP contribution is -2.08. The van der Waals surface area contributed by atoms with Crippen molar-refractivity contribution < 1.29 is 51.9 Å². The third-order valence-corrected chi connectivity index (χ3v) is 13.7. The third kappa shape index (κ3) is 8.34. The molecule has 0 aromatic heterocycles. The second-order valence-corrected chi connectivity index (χ2v) is 20.1. The summed E-state index contributed by atoms with van der Waals surface area (Å²) in [6.07, 6.45) is 13.9. The van der Waals surface area contributed by atoms with Crippen LogP contribution in [0.15, 0.2) is 208 Å². The third-order valence-electron chi connectivity index (χ3n) is 10.3. The summed E-state index contributed by atoms with van der Waals surface area (Å²) in [4.78, 5) is 18.1. The Morgan fingerprint density at radius 1 is 0.344 bits per heavy atom. The van der Waals surface area contributed by atoms with Gasteiger partial charge in [-0.05, 0) is 119 Å². The van der Waals surface area contributed by atoms with E-state index in [2.05, 4.69) is 0 Å². The summed E-state index contributed by atoms with van der Waals surface area (Å²) in [5.41, 5.74) is 5.69. The topological polar surface area (TPSA) is 267 Å². The van der Waals surface area contributed by atoms with Gasteiger partial charge in [0.15, 0.2) is 0 Å². The van der Waals surface area contributed by atoms with E-state index < -0.39 is 55.2 Å². The zero-order valence-corrected chi connectivity index (χ0v) is 35.6. The lowest BCUT2D eigenvalue weighted by Gasteiger charge is -2.18. The molecule has 5 aliphatic heterocycles. The van der Waals surface area contributed by atoms with E-state index in [1.807, 2.05) is 0 Å². The minimum absolute atomic E-state index is 0.152. The Morgan fingerprint density at radius 2 is 0.719 bits per heavy atom. The van der Waals surface area contributed by atoms with Crippen LogP contribution < -0.4 is 0 Å². The Labute approximate surface area is 365 Å². The number of fused-ring (bicyclic) bond motifs is 4. The minimum Gasteiger partial charge on any atom is -0.282 e. The first-order valence-corrected chi connectivity index (χ1v) is 24.3. The van der Waals surface area contributed by atoms with Crippen LogP contribution in [0.1, 0.15) is 22.3 Å². The van der Waals surface area contributed by atoms with Gasteiger partial charge in [-0.1, -0.05) is 48.5 Å². The minimum atomic E-state index is -4.68. The Kier molecular flexibility index (Phi) is 10.2. The first-order valence-electron chi connectivity index (χ1n) is 18.6. The molecule has 0 fully saturated rings. The molecule has 16 nitrogen and oxygen atoms in total. The van der Waals surface area contributed by atoms with Crippen molar-refractivity contribution in [1.82, 2.24) is 0 Å². The number of nitrogens with zero attached hydrogens (tertiary/aromatic N) is 4. The van der Waals surface area contributed by atoms with Crippen LogP contribution >= 0.6 is 0 Å². The van der Waals surface area contributed by atoms with Crippen molar-refractivity contribution in [3.63, 3.8) is 0 Å². The van der Waals surface area contributed by atoms with Gasteiger partial charge in [0, 0.05) is 22.3 Å². The van der Waals surface area contributed by atoms with Gasteiger partial charge in [-0.3, -0.25) is 18.2 Å². The first-order chi connectivity index (χ1) is 30.2. The highest BCUT2D eigenvalue weighted by atomic mass is 32.2. The predicted molar refractivity (Wildman–Crippen MR) is 239 cm³/mol. The summed E-state index contributed by atoms with van der Waals surface area (Å²) in [5, 5.41) is 0. The van der Waals surface area contributed by atoms with Crippen LogP contribution in [0.4, 0.5) is 0 Å². The highest BCUT2D eigenvalue weighted by Crippen LogP contribution is 2.46. The molecule has 5 aliphatic rings. The van der Waals surface area contributed by atoms with E-state index in [0.717, 1.165) is 0 Å². The molecule has 4 aromatic rings. The fraction of sp³-hybridized carbons (Fsp3) is 0. The average Bonchev–Trinajstić information content (AvgIpc) is 4.05. The highest BCUT2D eigenvalue weighted by molar-refractivity contribution is 7.86. The van der Waals surface area contributed by atoms with Crippen LogP contribution in [0.2, 0.25) is 0 Å². The lowest BCUT2D eigenvalue weighted by molar-refractivity contribution is 0.481. The molecule has 5 heterocycles. The molecule has 0 amide bonds. The summed E-state index contributed by atoms with van der Waals surface area (Å²) in [7, 11) is -18.6. The van der Waals surface area contributed by atoms with E-state index in [-0.39, 0.29) is 27.6 Å². The van der Waals surface area contributed by atoms with Crippen LogP contribution in [0.25, 0.3) is 22.3 Å². The van der Waals surface area contributed by atoms with Gasteiger partial charge in [-0.2, -0.15) is 33.7 Å². The van der Waals surface area contributed by atoms with Crippen LogP contribution in [-0.4, -0.2) is 74.7 Å². The predicted octanol–water partition coefficient (Wildman–Crippen LogP) is 6.68. The molecule has 0 saturated heterocycles. The molecule has 9 rings (SSSR count). The van der Waals surface area contributed by atoms with Crippen LogP contribution in [0.5, 0.6) is 0 Å². The van der Waals surface area contributed by atoms with Crippen molar-refractivity contribution in [2.75, 3.05) is 0 Å². The normalized spacial score (nSPS) is 17.4. The van der Waals surface area contributed by atoms with Gasteiger partial charge in [-0.15, -0.1) is 0 Å². The largest absolute Gasteiger partial charge is 0.294 e. The van der Waals surface area contributed by atoms with E-state index in [9.17, 15) is 51.9 Å². The smallest absolute Gasteiger partial charge is 0.282 e. The molecule has 0 spiro atoms. The molecule has 0 radical (unpaired) electrons. The van der Waals surface area contributed by atoms with E-state index in [4.69, 9.17) is 20.0 Å². The fourth-order valence-electron chi connectivity index (χ4n) is 7.39. The van der Waals surface area contributed by atoms with E-state index in [1.165, 1.54) is 97.1 Å². The highest BCUT2D eigenvalue weighted by Gasteiger charge is 2.34. The zero-order valence-electron chi connectivity index (χ0n) is 32.3. The van der Waals surface area contributed by atoms with Crippen molar-refractivity contribution >= 4 is 85.6 Å². The summed E-state index contributed by atoms with van der Waals surface area (Å²) in [6, 6.07) is 20.9. The maximum absolute atomic E-state index is 12.3. The molecule has 0 unspecified atom stereocenters. The fourth-order valence-corrected chi connectivity index (χ4v) is 9.31. The molecule has 20 heteroatoms. The number of allylic oxidation sites excluding steroid dienone is 12. The van der Waals surface area contributed by atoms with Gasteiger partial charge in [0.1, 0.15) is 0 Å². The molecule has 320 valence electrons. The van der Waals surface area contributed by atoms with Gasteiger partial charge in [0.05, 0.1) is 65.2 Å². The zero-order chi connectivity index (χ0) is 45.3. The quantitative estimate of drug-likeness (QED) is 0.135. The maximum Gasteiger partial charge on any atom is 0.294 e. The van der Waals surface area contributed by atoms with Crippen molar-refractivity contribution in [1.29, 1.82) is 0 Å². The van der Waals surface area contributed by atoms with Crippen molar-refractivity contribution in [2.45, 2.75) is 19.6 Å². The van der Waals surface area contributed by atoms with Gasteiger partial charge in [0.2, 0.25) is 0 Å².